The molecule has 1 unspecified atom stereocenters. The first-order chi connectivity index (χ1) is 13.4. The second-order valence-corrected chi connectivity index (χ2v) is 8.59. The number of ether oxygens (including phenoxy) is 1. The number of likely N-dealkylation sites (tertiary alicyclic amines) is 1. The Hall–Kier alpha value is -2.82. The molecule has 4 rings (SSSR count). The van der Waals surface area contributed by atoms with E-state index in [1.165, 1.54) is 22.3 Å². The van der Waals surface area contributed by atoms with E-state index in [-0.39, 0.29) is 24.5 Å². The third-order valence-corrected chi connectivity index (χ3v) is 5.80. The van der Waals surface area contributed by atoms with E-state index in [0.29, 0.717) is 13.0 Å². The van der Waals surface area contributed by atoms with E-state index in [4.69, 9.17) is 4.74 Å². The molecule has 0 saturated carbocycles. The summed E-state index contributed by atoms with van der Waals surface area (Å²) in [4.78, 5) is 25.8. The summed E-state index contributed by atoms with van der Waals surface area (Å²) >= 11 is 0. The number of carbonyl (C=O) groups excluding carboxylic acids is 1. The number of fused-ring (bicyclic) bond motifs is 3. The van der Waals surface area contributed by atoms with Crippen LogP contribution in [0.3, 0.4) is 0 Å². The number of carbonyl (C=O) groups is 2. The topological polar surface area (TPSA) is 66.8 Å². The minimum Gasteiger partial charge on any atom is -0.481 e. The van der Waals surface area contributed by atoms with E-state index in [2.05, 4.69) is 24.3 Å². The minimum atomic E-state index is -0.857. The van der Waals surface area contributed by atoms with Gasteiger partial charge in [-0.15, -0.1) is 0 Å². The predicted octanol–water partition coefficient (Wildman–Crippen LogP) is 4.37. The van der Waals surface area contributed by atoms with Gasteiger partial charge in [-0.1, -0.05) is 62.4 Å². The van der Waals surface area contributed by atoms with Crippen LogP contribution in [0.2, 0.25) is 0 Å². The van der Waals surface area contributed by atoms with Crippen molar-refractivity contribution in [1.82, 2.24) is 4.90 Å². The molecule has 1 N–H and O–H groups in total. The molecule has 1 amide bonds. The van der Waals surface area contributed by atoms with Crippen LogP contribution in [-0.2, 0) is 9.53 Å². The van der Waals surface area contributed by atoms with E-state index in [0.717, 1.165) is 0 Å². The Kier molecular flexibility index (Phi) is 4.61. The molecule has 1 saturated heterocycles. The molecule has 1 heterocycles. The predicted molar refractivity (Wildman–Crippen MR) is 106 cm³/mol. The number of amides is 1. The van der Waals surface area contributed by atoms with Gasteiger partial charge in [0.2, 0.25) is 0 Å². The third-order valence-electron chi connectivity index (χ3n) is 5.80. The summed E-state index contributed by atoms with van der Waals surface area (Å²) in [7, 11) is 0. The summed E-state index contributed by atoms with van der Waals surface area (Å²) in [5.74, 6) is -1.40. The molecule has 2 aliphatic rings. The standard InChI is InChI=1S/C23H25NO4/c1-23(2)11-15(21(25)26)12-24(14-23)22(27)28-13-20-18-9-5-3-7-16(18)17-8-4-6-10-19(17)20/h3-10,15,20H,11-14H2,1-2H3,(H,25,26). The third kappa shape index (κ3) is 3.37. The first-order valence-corrected chi connectivity index (χ1v) is 9.68. The maximum atomic E-state index is 12.7. The molecule has 5 heteroatoms. The molecule has 0 bridgehead atoms. The molecular weight excluding hydrogens is 354 g/mol. The summed E-state index contributed by atoms with van der Waals surface area (Å²) in [5, 5.41) is 9.41. The molecule has 1 fully saturated rings. The van der Waals surface area contributed by atoms with Crippen molar-refractivity contribution in [2.45, 2.75) is 26.2 Å². The van der Waals surface area contributed by atoms with Crippen LogP contribution < -0.4 is 0 Å². The summed E-state index contributed by atoms with van der Waals surface area (Å²) < 4.78 is 5.69. The van der Waals surface area contributed by atoms with Crippen molar-refractivity contribution in [3.05, 3.63) is 59.7 Å². The Morgan fingerprint density at radius 3 is 2.21 bits per heavy atom. The zero-order valence-electron chi connectivity index (χ0n) is 16.2. The SMILES string of the molecule is CC1(C)CC(C(=O)O)CN(C(=O)OCC2c3ccccc3-c3ccccc32)C1. The Bertz CT molecular complexity index is 875. The Morgan fingerprint density at radius 2 is 1.64 bits per heavy atom. The maximum absolute atomic E-state index is 12.7. The largest absolute Gasteiger partial charge is 0.481 e. The molecule has 146 valence electrons. The Balaban J connectivity index is 1.50. The summed E-state index contributed by atoms with van der Waals surface area (Å²) in [6.45, 7) is 4.95. The second-order valence-electron chi connectivity index (χ2n) is 8.59. The van der Waals surface area contributed by atoms with Gasteiger partial charge in [0.1, 0.15) is 6.61 Å². The fraction of sp³-hybridized carbons (Fsp3) is 0.391. The monoisotopic (exact) mass is 379 g/mol. The van der Waals surface area contributed by atoms with Crippen LogP contribution in [0.4, 0.5) is 4.79 Å². The van der Waals surface area contributed by atoms with E-state index in [9.17, 15) is 14.7 Å². The fourth-order valence-corrected chi connectivity index (χ4v) is 4.63. The van der Waals surface area contributed by atoms with E-state index in [1.54, 1.807) is 4.90 Å². The number of benzene rings is 2. The highest BCUT2D eigenvalue weighted by Crippen LogP contribution is 2.44. The van der Waals surface area contributed by atoms with E-state index in [1.807, 2.05) is 38.1 Å². The van der Waals surface area contributed by atoms with Crippen LogP contribution in [0, 0.1) is 11.3 Å². The molecule has 0 aromatic heterocycles. The molecule has 28 heavy (non-hydrogen) atoms. The number of carboxylic acid groups (broad SMARTS) is 1. The molecule has 0 radical (unpaired) electrons. The van der Waals surface area contributed by atoms with Gasteiger partial charge >= 0.3 is 12.1 Å². The van der Waals surface area contributed by atoms with Crippen LogP contribution in [0.25, 0.3) is 11.1 Å². The lowest BCUT2D eigenvalue weighted by Gasteiger charge is -2.40. The van der Waals surface area contributed by atoms with Gasteiger partial charge in [0, 0.05) is 19.0 Å². The minimum absolute atomic E-state index is 0.00409. The average Bonchev–Trinajstić information content (AvgIpc) is 2.99. The van der Waals surface area contributed by atoms with Gasteiger partial charge in [-0.05, 0) is 34.1 Å². The second kappa shape index (κ2) is 6.97. The molecule has 5 nitrogen and oxygen atoms in total. The lowest BCUT2D eigenvalue weighted by Crippen LogP contribution is -2.49. The quantitative estimate of drug-likeness (QED) is 0.860. The van der Waals surface area contributed by atoms with Crippen molar-refractivity contribution >= 4 is 12.1 Å². The van der Waals surface area contributed by atoms with Crippen LogP contribution in [0.15, 0.2) is 48.5 Å². The molecule has 1 aliphatic carbocycles. The smallest absolute Gasteiger partial charge is 0.409 e. The summed E-state index contributed by atoms with van der Waals surface area (Å²) in [6.07, 6.45) is 0.135. The number of piperidine rings is 1. The molecule has 1 atom stereocenters. The number of hydrogen-bond acceptors (Lipinski definition) is 3. The molecular formula is C23H25NO4. The number of aliphatic carboxylic acids is 1. The highest BCUT2D eigenvalue weighted by Gasteiger charge is 2.39. The first-order valence-electron chi connectivity index (χ1n) is 9.68. The van der Waals surface area contributed by atoms with E-state index < -0.39 is 18.0 Å². The van der Waals surface area contributed by atoms with Gasteiger partial charge in [0.05, 0.1) is 5.92 Å². The highest BCUT2D eigenvalue weighted by atomic mass is 16.6. The normalized spacial score (nSPS) is 20.4. The lowest BCUT2D eigenvalue weighted by atomic mass is 9.79. The summed E-state index contributed by atoms with van der Waals surface area (Å²) in [6, 6.07) is 16.4. The highest BCUT2D eigenvalue weighted by molar-refractivity contribution is 5.79. The number of rotatable bonds is 3. The summed E-state index contributed by atoms with van der Waals surface area (Å²) in [5.41, 5.74) is 4.46. The van der Waals surface area contributed by atoms with Gasteiger partial charge in [0.25, 0.3) is 0 Å². The van der Waals surface area contributed by atoms with Crippen molar-refractivity contribution in [2.75, 3.05) is 19.7 Å². The molecule has 2 aromatic carbocycles. The van der Waals surface area contributed by atoms with Gasteiger partial charge in [0.15, 0.2) is 0 Å². The van der Waals surface area contributed by atoms with Gasteiger partial charge in [-0.3, -0.25) is 4.79 Å². The van der Waals surface area contributed by atoms with E-state index >= 15 is 0 Å². The van der Waals surface area contributed by atoms with Gasteiger partial charge < -0.3 is 14.7 Å². The van der Waals surface area contributed by atoms with Crippen molar-refractivity contribution in [1.29, 1.82) is 0 Å². The van der Waals surface area contributed by atoms with Crippen LogP contribution in [0.1, 0.15) is 37.3 Å². The van der Waals surface area contributed by atoms with Gasteiger partial charge in [-0.2, -0.15) is 0 Å². The molecule has 0 spiro atoms. The lowest BCUT2D eigenvalue weighted by molar-refractivity contribution is -0.145. The average molecular weight is 379 g/mol. The van der Waals surface area contributed by atoms with Gasteiger partial charge in [-0.25, -0.2) is 4.79 Å². The fourth-order valence-electron chi connectivity index (χ4n) is 4.63. The first kappa shape index (κ1) is 18.5. The molecule has 1 aliphatic heterocycles. The number of carboxylic acids is 1. The maximum Gasteiger partial charge on any atom is 0.409 e. The Morgan fingerprint density at radius 1 is 1.07 bits per heavy atom. The van der Waals surface area contributed by atoms with Crippen molar-refractivity contribution in [2.24, 2.45) is 11.3 Å². The molecule has 2 aromatic rings. The van der Waals surface area contributed by atoms with Crippen LogP contribution in [0.5, 0.6) is 0 Å². The zero-order valence-corrected chi connectivity index (χ0v) is 16.2. The van der Waals surface area contributed by atoms with Crippen LogP contribution >= 0.6 is 0 Å². The zero-order chi connectivity index (χ0) is 19.9. The van der Waals surface area contributed by atoms with Crippen molar-refractivity contribution < 1.29 is 19.4 Å². The van der Waals surface area contributed by atoms with Crippen LogP contribution in [-0.4, -0.2) is 41.8 Å². The van der Waals surface area contributed by atoms with Crippen molar-refractivity contribution in [3.63, 3.8) is 0 Å². The Labute approximate surface area is 164 Å². The number of hydrogen-bond donors (Lipinski definition) is 1. The number of nitrogens with zero attached hydrogens (tertiary/aromatic N) is 1. The van der Waals surface area contributed by atoms with Crippen molar-refractivity contribution in [3.8, 4) is 11.1 Å².